The van der Waals surface area contributed by atoms with Crippen LogP contribution in [0.4, 0.5) is 10.1 Å². The molecular weight excluding hydrogens is 403 g/mol. The lowest BCUT2D eigenvalue weighted by atomic mass is 9.92. The highest BCUT2D eigenvalue weighted by Gasteiger charge is 2.44. The Balaban J connectivity index is 1.95. The molecule has 9 heteroatoms. The third-order valence-corrected chi connectivity index (χ3v) is 6.58. The molecule has 1 aromatic carbocycles. The van der Waals surface area contributed by atoms with Crippen LogP contribution in [0.25, 0.3) is 10.9 Å². The van der Waals surface area contributed by atoms with Crippen LogP contribution in [0.15, 0.2) is 17.1 Å². The molecule has 31 heavy (non-hydrogen) atoms. The molecule has 1 aliphatic heterocycles. The summed E-state index contributed by atoms with van der Waals surface area (Å²) in [6.07, 6.45) is 3.80. The lowest BCUT2D eigenvalue weighted by Gasteiger charge is -2.29. The first-order valence-electron chi connectivity index (χ1n) is 10.7. The van der Waals surface area contributed by atoms with Crippen molar-refractivity contribution < 1.29 is 19.0 Å². The second-order valence-corrected chi connectivity index (χ2v) is 8.53. The van der Waals surface area contributed by atoms with Crippen molar-refractivity contribution >= 4 is 22.6 Å². The van der Waals surface area contributed by atoms with Crippen molar-refractivity contribution in [3.63, 3.8) is 0 Å². The van der Waals surface area contributed by atoms with Crippen molar-refractivity contribution in [1.29, 1.82) is 0 Å². The van der Waals surface area contributed by atoms with Gasteiger partial charge in [-0.25, -0.2) is 9.18 Å². The van der Waals surface area contributed by atoms with E-state index in [0.29, 0.717) is 25.0 Å². The van der Waals surface area contributed by atoms with Crippen LogP contribution >= 0.6 is 0 Å². The predicted octanol–water partition coefficient (Wildman–Crippen LogP) is 2.09. The number of nitrogens with two attached hydrogens (primary N) is 1. The summed E-state index contributed by atoms with van der Waals surface area (Å²) in [5, 5.41) is 12.9. The molecule has 0 radical (unpaired) electrons. The number of nitrogens with one attached hydrogen (secondary N) is 1. The van der Waals surface area contributed by atoms with Gasteiger partial charge in [0.15, 0.2) is 11.6 Å². The molecule has 2 unspecified atom stereocenters. The number of likely N-dealkylation sites (N-methyl/N-ethyl adjacent to an activating group) is 1. The van der Waals surface area contributed by atoms with Crippen molar-refractivity contribution in [2.75, 3.05) is 31.6 Å². The molecule has 8 nitrogen and oxygen atoms in total. The molecule has 4 rings (SSSR count). The number of benzene rings is 1. The molecule has 2 aromatic rings. The summed E-state index contributed by atoms with van der Waals surface area (Å²) in [7, 11) is 1.44. The van der Waals surface area contributed by atoms with Gasteiger partial charge >= 0.3 is 5.97 Å². The number of carboxylic acid groups (broad SMARTS) is 1. The molecule has 1 saturated heterocycles. The molecular formula is C22H29FN4O4. The fourth-order valence-corrected chi connectivity index (χ4v) is 4.70. The Kier molecular flexibility index (Phi) is 5.43. The van der Waals surface area contributed by atoms with Gasteiger partial charge in [-0.2, -0.15) is 0 Å². The molecule has 168 valence electrons. The standard InChI is InChI=1S/C22H29FN4O4/c1-4-22(24)11-26(10-16(22)25-5-2)18-15(23)8-13-17(20(18)31-3)27(12-6-7-12)9-14(19(13)28)21(29)30/h8-9,12,16,25H,4-7,10-11,24H2,1-3H3,(H,29,30). The summed E-state index contributed by atoms with van der Waals surface area (Å²) < 4.78 is 22.9. The Bertz CT molecular complexity index is 1100. The number of carboxylic acids is 1. The normalized spacial score (nSPS) is 23.5. The van der Waals surface area contributed by atoms with Crippen LogP contribution in [0.1, 0.15) is 49.5 Å². The van der Waals surface area contributed by atoms with Crippen LogP contribution in [0.3, 0.4) is 0 Å². The number of ether oxygens (including phenoxy) is 1. The molecule has 2 atom stereocenters. The van der Waals surface area contributed by atoms with Gasteiger partial charge in [0, 0.05) is 31.4 Å². The van der Waals surface area contributed by atoms with Gasteiger partial charge in [0.1, 0.15) is 11.3 Å². The number of carbonyl (C=O) groups is 1. The van der Waals surface area contributed by atoms with Gasteiger partial charge in [0.2, 0.25) is 5.43 Å². The van der Waals surface area contributed by atoms with Gasteiger partial charge in [-0.3, -0.25) is 4.79 Å². The van der Waals surface area contributed by atoms with Gasteiger partial charge in [0.05, 0.1) is 23.6 Å². The number of aromatic nitrogens is 1. The van der Waals surface area contributed by atoms with Crippen LogP contribution in [-0.4, -0.2) is 54.0 Å². The van der Waals surface area contributed by atoms with Crippen LogP contribution in [0.2, 0.25) is 0 Å². The summed E-state index contributed by atoms with van der Waals surface area (Å²) in [5.74, 6) is -1.71. The number of anilines is 1. The summed E-state index contributed by atoms with van der Waals surface area (Å²) in [6, 6.07) is 1.18. The topological polar surface area (TPSA) is 110 Å². The van der Waals surface area contributed by atoms with Gasteiger partial charge in [0.25, 0.3) is 0 Å². The quantitative estimate of drug-likeness (QED) is 0.615. The first kappa shape index (κ1) is 21.6. The highest BCUT2D eigenvalue weighted by atomic mass is 19.1. The minimum atomic E-state index is -1.33. The third kappa shape index (κ3) is 3.45. The monoisotopic (exact) mass is 432 g/mol. The molecule has 0 amide bonds. The van der Waals surface area contributed by atoms with Crippen molar-refractivity contribution in [2.24, 2.45) is 5.73 Å². The van der Waals surface area contributed by atoms with Crippen LogP contribution in [0.5, 0.6) is 5.75 Å². The first-order valence-corrected chi connectivity index (χ1v) is 10.7. The van der Waals surface area contributed by atoms with Gasteiger partial charge in [-0.1, -0.05) is 13.8 Å². The average Bonchev–Trinajstić information content (AvgIpc) is 3.52. The summed E-state index contributed by atoms with van der Waals surface area (Å²) in [4.78, 5) is 26.3. The van der Waals surface area contributed by atoms with Gasteiger partial charge in [-0.15, -0.1) is 0 Å². The molecule has 1 aliphatic carbocycles. The molecule has 1 aromatic heterocycles. The zero-order valence-electron chi connectivity index (χ0n) is 18.1. The number of halogens is 1. The molecule has 0 spiro atoms. The zero-order valence-corrected chi connectivity index (χ0v) is 18.1. The number of hydrogen-bond donors (Lipinski definition) is 3. The highest BCUT2D eigenvalue weighted by Crippen LogP contribution is 2.44. The molecule has 2 aliphatic rings. The first-order chi connectivity index (χ1) is 14.8. The minimum Gasteiger partial charge on any atom is -0.492 e. The molecule has 4 N–H and O–H groups in total. The zero-order chi connectivity index (χ0) is 22.5. The lowest BCUT2D eigenvalue weighted by Crippen LogP contribution is -2.56. The number of aromatic carboxylic acids is 1. The van der Waals surface area contributed by atoms with Crippen LogP contribution in [0, 0.1) is 5.82 Å². The van der Waals surface area contributed by atoms with Crippen LogP contribution < -0.4 is 26.1 Å². The number of fused-ring (bicyclic) bond motifs is 1. The molecule has 0 bridgehead atoms. The smallest absolute Gasteiger partial charge is 0.341 e. The van der Waals surface area contributed by atoms with E-state index in [4.69, 9.17) is 10.5 Å². The summed E-state index contributed by atoms with van der Waals surface area (Å²) in [6.45, 7) is 5.69. The maximum Gasteiger partial charge on any atom is 0.341 e. The van der Waals surface area contributed by atoms with Crippen molar-refractivity contribution in [1.82, 2.24) is 9.88 Å². The Morgan fingerprint density at radius 2 is 2.13 bits per heavy atom. The molecule has 2 fully saturated rings. The van der Waals surface area contributed by atoms with E-state index >= 15 is 4.39 Å². The second-order valence-electron chi connectivity index (χ2n) is 8.53. The van der Waals surface area contributed by atoms with Crippen molar-refractivity contribution in [3.05, 3.63) is 33.9 Å². The highest BCUT2D eigenvalue weighted by molar-refractivity contribution is 5.97. The largest absolute Gasteiger partial charge is 0.492 e. The fraction of sp³-hybridized carbons (Fsp3) is 0.545. The number of nitrogens with zero attached hydrogens (tertiary/aromatic N) is 2. The van der Waals surface area contributed by atoms with Gasteiger partial charge < -0.3 is 30.4 Å². The molecule has 1 saturated carbocycles. The summed E-state index contributed by atoms with van der Waals surface area (Å²) >= 11 is 0. The third-order valence-electron chi connectivity index (χ3n) is 6.58. The van der Waals surface area contributed by atoms with E-state index in [1.165, 1.54) is 13.3 Å². The molecule has 2 heterocycles. The van der Waals surface area contributed by atoms with Gasteiger partial charge in [-0.05, 0) is 31.9 Å². The van der Waals surface area contributed by atoms with E-state index < -0.39 is 22.8 Å². The maximum atomic E-state index is 15.5. The Hall–Kier alpha value is -2.65. The van der Waals surface area contributed by atoms with Crippen LogP contribution in [-0.2, 0) is 0 Å². The minimum absolute atomic E-state index is 0.0156. The second kappa shape index (κ2) is 7.80. The SMILES string of the molecule is CCNC1CN(c2c(F)cc3c(=O)c(C(=O)O)cn(C4CC4)c3c2OC)CC1(N)CC. The Labute approximate surface area is 179 Å². The average molecular weight is 432 g/mol. The van der Waals surface area contributed by atoms with E-state index in [1.54, 1.807) is 4.57 Å². The van der Waals surface area contributed by atoms with E-state index in [9.17, 15) is 14.7 Å². The Morgan fingerprint density at radius 3 is 2.68 bits per heavy atom. The maximum absolute atomic E-state index is 15.5. The van der Waals surface area contributed by atoms with E-state index in [2.05, 4.69) is 5.32 Å². The lowest BCUT2D eigenvalue weighted by molar-refractivity contribution is 0.0695. The number of pyridine rings is 1. The van der Waals surface area contributed by atoms with E-state index in [-0.39, 0.29) is 34.5 Å². The number of hydrogen-bond acceptors (Lipinski definition) is 6. The van der Waals surface area contributed by atoms with Crippen molar-refractivity contribution in [2.45, 2.75) is 50.7 Å². The van der Waals surface area contributed by atoms with E-state index in [1.807, 2.05) is 18.7 Å². The number of methoxy groups -OCH3 is 1. The number of rotatable bonds is 7. The Morgan fingerprint density at radius 1 is 1.42 bits per heavy atom. The summed E-state index contributed by atoms with van der Waals surface area (Å²) in [5.41, 5.74) is 5.73. The van der Waals surface area contributed by atoms with Crippen molar-refractivity contribution in [3.8, 4) is 5.75 Å². The van der Waals surface area contributed by atoms with E-state index in [0.717, 1.165) is 25.5 Å². The predicted molar refractivity (Wildman–Crippen MR) is 117 cm³/mol. The fourth-order valence-electron chi connectivity index (χ4n) is 4.70.